The molecule has 0 radical (unpaired) electrons. The van der Waals surface area contributed by atoms with E-state index in [4.69, 9.17) is 11.6 Å². The monoisotopic (exact) mass is 452 g/mol. The lowest BCUT2D eigenvalue weighted by atomic mass is 10.1. The maximum Gasteiger partial charge on any atom is 0.105 e. The SMILES string of the molecule is C=CN(c1ccc2cn[nH]c2c1)c1cc(-c2cccn2Cc2ccccn2)cc(Cl)c1N=C. The Morgan fingerprint density at radius 2 is 2.03 bits per heavy atom. The smallest absolute Gasteiger partial charge is 0.105 e. The summed E-state index contributed by atoms with van der Waals surface area (Å²) in [5, 5.41) is 8.67. The van der Waals surface area contributed by atoms with Gasteiger partial charge >= 0.3 is 0 Å². The molecule has 0 atom stereocenters. The van der Waals surface area contributed by atoms with Crippen LogP contribution >= 0.6 is 11.6 Å². The summed E-state index contributed by atoms with van der Waals surface area (Å²) in [6.07, 6.45) is 7.38. The van der Waals surface area contributed by atoms with Gasteiger partial charge in [-0.3, -0.25) is 15.1 Å². The first-order chi connectivity index (χ1) is 16.2. The summed E-state index contributed by atoms with van der Waals surface area (Å²) in [5.74, 6) is 0. The van der Waals surface area contributed by atoms with E-state index < -0.39 is 0 Å². The lowest BCUT2D eigenvalue weighted by Gasteiger charge is -2.24. The Kier molecular flexibility index (Phi) is 5.50. The molecule has 0 aliphatic carbocycles. The van der Waals surface area contributed by atoms with E-state index in [1.54, 1.807) is 18.6 Å². The van der Waals surface area contributed by atoms with Crippen LogP contribution in [0.5, 0.6) is 0 Å². The van der Waals surface area contributed by atoms with Crippen molar-refractivity contribution in [3.05, 3.63) is 103 Å². The third kappa shape index (κ3) is 3.92. The van der Waals surface area contributed by atoms with Gasteiger partial charge in [0.1, 0.15) is 5.69 Å². The standard InChI is InChI=1S/C26H21ClN6/c1-3-33(21-10-9-18-16-30-31-23(18)15-21)25-14-19(13-22(27)26(25)28-2)24-8-6-12-32(24)17-20-7-4-5-11-29-20/h3-16H,1-2,17H2,(H,30,31). The number of nitrogens with zero attached hydrogens (tertiary/aromatic N) is 5. The minimum absolute atomic E-state index is 0.512. The average Bonchev–Trinajstić information content (AvgIpc) is 3.49. The van der Waals surface area contributed by atoms with E-state index >= 15 is 0 Å². The number of halogens is 1. The summed E-state index contributed by atoms with van der Waals surface area (Å²) < 4.78 is 2.15. The van der Waals surface area contributed by atoms with Crippen molar-refractivity contribution in [2.45, 2.75) is 6.54 Å². The molecular weight excluding hydrogens is 432 g/mol. The van der Waals surface area contributed by atoms with Crippen LogP contribution < -0.4 is 4.90 Å². The van der Waals surface area contributed by atoms with Crippen molar-refractivity contribution in [3.8, 4) is 11.3 Å². The third-order valence-electron chi connectivity index (χ3n) is 5.53. The Hall–Kier alpha value is -4.16. The van der Waals surface area contributed by atoms with Crippen LogP contribution in [0.1, 0.15) is 5.69 Å². The number of hydrogen-bond acceptors (Lipinski definition) is 4. The number of pyridine rings is 1. The van der Waals surface area contributed by atoms with E-state index in [0.29, 0.717) is 17.3 Å². The summed E-state index contributed by atoms with van der Waals surface area (Å²) in [6.45, 7) is 8.43. The number of H-pyrrole nitrogens is 1. The number of nitrogens with one attached hydrogen (secondary N) is 1. The van der Waals surface area contributed by atoms with Gasteiger partial charge in [-0.2, -0.15) is 5.10 Å². The number of benzene rings is 2. The van der Waals surface area contributed by atoms with Crippen LogP contribution in [0.2, 0.25) is 5.02 Å². The molecule has 0 amide bonds. The largest absolute Gasteiger partial charge is 0.341 e. The highest BCUT2D eigenvalue weighted by molar-refractivity contribution is 6.34. The molecule has 0 aliphatic heterocycles. The molecule has 5 rings (SSSR count). The van der Waals surface area contributed by atoms with Gasteiger partial charge in [-0.1, -0.05) is 24.2 Å². The van der Waals surface area contributed by atoms with Gasteiger partial charge in [0.05, 0.1) is 34.7 Å². The predicted molar refractivity (Wildman–Crippen MR) is 136 cm³/mol. The molecule has 6 nitrogen and oxygen atoms in total. The molecular formula is C26H21ClN6. The Bertz CT molecular complexity index is 1450. The zero-order valence-electron chi connectivity index (χ0n) is 17.8. The molecule has 0 saturated carbocycles. The van der Waals surface area contributed by atoms with Crippen LogP contribution in [0.3, 0.4) is 0 Å². The second-order valence-corrected chi connectivity index (χ2v) is 7.93. The van der Waals surface area contributed by atoms with Crippen LogP contribution in [0, 0.1) is 0 Å². The highest BCUT2D eigenvalue weighted by atomic mass is 35.5. The Morgan fingerprint density at radius 3 is 2.82 bits per heavy atom. The lowest BCUT2D eigenvalue weighted by Crippen LogP contribution is -2.09. The number of fused-ring (bicyclic) bond motifs is 1. The predicted octanol–water partition coefficient (Wildman–Crippen LogP) is 6.74. The molecule has 7 heteroatoms. The van der Waals surface area contributed by atoms with Gasteiger partial charge in [-0.15, -0.1) is 0 Å². The van der Waals surface area contributed by atoms with Crippen molar-refractivity contribution in [2.75, 3.05) is 4.90 Å². The molecule has 162 valence electrons. The first-order valence-electron chi connectivity index (χ1n) is 10.4. The first-order valence-corrected chi connectivity index (χ1v) is 10.8. The van der Waals surface area contributed by atoms with E-state index in [1.807, 2.05) is 59.6 Å². The van der Waals surface area contributed by atoms with Crippen molar-refractivity contribution in [2.24, 2.45) is 4.99 Å². The Morgan fingerprint density at radius 1 is 1.12 bits per heavy atom. The second kappa shape index (κ2) is 8.76. The maximum absolute atomic E-state index is 6.70. The van der Waals surface area contributed by atoms with Crippen molar-refractivity contribution in [1.29, 1.82) is 0 Å². The number of rotatable bonds is 7. The van der Waals surface area contributed by atoms with Gasteiger partial charge in [0.25, 0.3) is 0 Å². The molecule has 33 heavy (non-hydrogen) atoms. The highest BCUT2D eigenvalue weighted by Gasteiger charge is 2.18. The van der Waals surface area contributed by atoms with Crippen LogP contribution in [-0.2, 0) is 6.54 Å². The van der Waals surface area contributed by atoms with Gasteiger partial charge in [-0.05, 0) is 61.3 Å². The zero-order valence-corrected chi connectivity index (χ0v) is 18.6. The fourth-order valence-electron chi connectivity index (χ4n) is 3.97. The lowest BCUT2D eigenvalue weighted by molar-refractivity contribution is 0.788. The van der Waals surface area contributed by atoms with E-state index in [9.17, 15) is 0 Å². The summed E-state index contributed by atoms with van der Waals surface area (Å²) >= 11 is 6.70. The molecule has 0 bridgehead atoms. The van der Waals surface area contributed by atoms with Gasteiger partial charge < -0.3 is 9.47 Å². The minimum Gasteiger partial charge on any atom is -0.341 e. The van der Waals surface area contributed by atoms with E-state index in [2.05, 4.69) is 50.2 Å². The van der Waals surface area contributed by atoms with Crippen molar-refractivity contribution in [1.82, 2.24) is 19.7 Å². The number of aliphatic imine (C=N–C) groups is 1. The quantitative estimate of drug-likeness (QED) is 0.278. The second-order valence-electron chi connectivity index (χ2n) is 7.52. The van der Waals surface area contributed by atoms with Crippen LogP contribution in [0.15, 0.2) is 97.0 Å². The van der Waals surface area contributed by atoms with Crippen molar-refractivity contribution < 1.29 is 0 Å². The Balaban J connectivity index is 1.61. The molecule has 0 unspecified atom stereocenters. The summed E-state index contributed by atoms with van der Waals surface area (Å²) in [7, 11) is 0. The molecule has 2 aromatic carbocycles. The summed E-state index contributed by atoms with van der Waals surface area (Å²) in [5.41, 5.74) is 6.17. The molecule has 0 aliphatic rings. The topological polar surface area (TPSA) is 62.1 Å². The minimum atomic E-state index is 0.512. The molecule has 5 aromatic rings. The van der Waals surface area contributed by atoms with Gasteiger partial charge in [0.2, 0.25) is 0 Å². The molecule has 1 N–H and O–H groups in total. The molecule has 3 heterocycles. The normalized spacial score (nSPS) is 10.9. The van der Waals surface area contributed by atoms with Crippen LogP contribution in [-0.4, -0.2) is 26.5 Å². The van der Waals surface area contributed by atoms with Crippen molar-refractivity contribution >= 4 is 46.3 Å². The van der Waals surface area contributed by atoms with Crippen LogP contribution in [0.25, 0.3) is 22.2 Å². The van der Waals surface area contributed by atoms with Gasteiger partial charge in [-0.25, -0.2) is 0 Å². The number of hydrogen-bond donors (Lipinski definition) is 1. The van der Waals surface area contributed by atoms with E-state index in [1.165, 1.54) is 0 Å². The summed E-state index contributed by atoms with van der Waals surface area (Å²) in [4.78, 5) is 10.6. The Labute approximate surface area is 196 Å². The molecule has 3 aromatic heterocycles. The van der Waals surface area contributed by atoms with E-state index in [0.717, 1.165) is 39.2 Å². The zero-order chi connectivity index (χ0) is 22.8. The van der Waals surface area contributed by atoms with Gasteiger partial charge in [0.15, 0.2) is 0 Å². The number of anilines is 2. The maximum atomic E-state index is 6.70. The van der Waals surface area contributed by atoms with Crippen molar-refractivity contribution in [3.63, 3.8) is 0 Å². The van der Waals surface area contributed by atoms with Gasteiger partial charge in [0, 0.05) is 40.9 Å². The number of aromatic amines is 1. The summed E-state index contributed by atoms with van der Waals surface area (Å²) in [6, 6.07) is 20.0. The molecule has 0 fully saturated rings. The van der Waals surface area contributed by atoms with E-state index in [-0.39, 0.29) is 0 Å². The first kappa shape index (κ1) is 20.7. The molecule has 0 saturated heterocycles. The number of aromatic nitrogens is 4. The fraction of sp³-hybridized carbons (Fsp3) is 0.0385. The third-order valence-corrected chi connectivity index (χ3v) is 5.82. The molecule has 0 spiro atoms. The fourth-order valence-corrected chi connectivity index (χ4v) is 4.24. The average molecular weight is 453 g/mol. The van der Waals surface area contributed by atoms with Crippen LogP contribution in [0.4, 0.5) is 17.1 Å². The highest BCUT2D eigenvalue weighted by Crippen LogP contribution is 2.43.